The van der Waals surface area contributed by atoms with E-state index in [1.807, 2.05) is 72.8 Å². The van der Waals surface area contributed by atoms with Crippen LogP contribution < -0.4 is 15.8 Å². The molecule has 0 heterocycles. The maximum atomic E-state index is 5.92. The van der Waals surface area contributed by atoms with Crippen LogP contribution in [0.25, 0.3) is 0 Å². The molecule has 3 heteroatoms. The normalized spacial score (nSPS) is 10.1. The van der Waals surface area contributed by atoms with E-state index in [1.54, 1.807) is 6.07 Å². The molecule has 0 unspecified atom stereocenters. The summed E-state index contributed by atoms with van der Waals surface area (Å²) < 4.78 is 5.92. The molecule has 0 amide bonds. The van der Waals surface area contributed by atoms with Gasteiger partial charge < -0.3 is 15.8 Å². The van der Waals surface area contributed by atoms with Crippen molar-refractivity contribution < 1.29 is 4.74 Å². The minimum atomic E-state index is 0.681. The van der Waals surface area contributed by atoms with E-state index in [1.165, 1.54) is 0 Å². The molecule has 3 rings (SSSR count). The molecule has 0 atom stereocenters. The van der Waals surface area contributed by atoms with E-state index in [2.05, 4.69) is 5.32 Å². The number of rotatable bonds is 4. The summed E-state index contributed by atoms with van der Waals surface area (Å²) in [5.41, 5.74) is 8.38. The van der Waals surface area contributed by atoms with Crippen molar-refractivity contribution in [1.29, 1.82) is 0 Å². The Morgan fingerprint density at radius 2 is 1.52 bits per heavy atom. The number of hydrogen-bond donors (Lipinski definition) is 2. The van der Waals surface area contributed by atoms with Crippen molar-refractivity contribution in [2.24, 2.45) is 0 Å². The smallest absolute Gasteiger partial charge is 0.150 e. The van der Waals surface area contributed by atoms with Crippen molar-refractivity contribution in [1.82, 2.24) is 0 Å². The van der Waals surface area contributed by atoms with Crippen molar-refractivity contribution in [3.05, 3.63) is 78.9 Å². The molecular weight excluding hydrogens is 260 g/mol. The number of hydrogen-bond acceptors (Lipinski definition) is 3. The highest BCUT2D eigenvalue weighted by atomic mass is 16.5. The maximum Gasteiger partial charge on any atom is 0.150 e. The van der Waals surface area contributed by atoms with Gasteiger partial charge in [0.15, 0.2) is 5.75 Å². The second-order valence-corrected chi connectivity index (χ2v) is 4.66. The second kappa shape index (κ2) is 6.01. The fourth-order valence-corrected chi connectivity index (χ4v) is 2.04. The van der Waals surface area contributed by atoms with Crippen LogP contribution in [0.2, 0.25) is 0 Å². The number of ether oxygens (including phenoxy) is 1. The Labute approximate surface area is 124 Å². The lowest BCUT2D eigenvalue weighted by Gasteiger charge is -2.13. The molecule has 3 aromatic rings. The minimum absolute atomic E-state index is 0.681. The van der Waals surface area contributed by atoms with Crippen LogP contribution in [0.4, 0.5) is 17.1 Å². The zero-order chi connectivity index (χ0) is 14.5. The van der Waals surface area contributed by atoms with Gasteiger partial charge in [-0.2, -0.15) is 0 Å². The molecular formula is C18H16N2O. The molecule has 0 radical (unpaired) electrons. The molecule has 104 valence electrons. The van der Waals surface area contributed by atoms with E-state index >= 15 is 0 Å². The molecule has 3 aromatic carbocycles. The third kappa shape index (κ3) is 3.34. The highest BCUT2D eigenvalue weighted by Gasteiger charge is 2.05. The van der Waals surface area contributed by atoms with E-state index in [0.29, 0.717) is 5.69 Å². The van der Waals surface area contributed by atoms with Gasteiger partial charge in [0.25, 0.3) is 0 Å². The molecule has 0 fully saturated rings. The third-order valence-electron chi connectivity index (χ3n) is 3.03. The fourth-order valence-electron chi connectivity index (χ4n) is 2.04. The van der Waals surface area contributed by atoms with Crippen molar-refractivity contribution in [2.75, 3.05) is 11.1 Å². The van der Waals surface area contributed by atoms with Crippen LogP contribution in [0.1, 0.15) is 0 Å². The summed E-state index contributed by atoms with van der Waals surface area (Å²) in [6.45, 7) is 0. The minimum Gasteiger partial charge on any atom is -0.455 e. The van der Waals surface area contributed by atoms with Crippen LogP contribution in [0.5, 0.6) is 11.5 Å². The van der Waals surface area contributed by atoms with Gasteiger partial charge in [-0.3, -0.25) is 0 Å². The number of nitrogens with one attached hydrogen (secondary N) is 1. The maximum absolute atomic E-state index is 5.92. The summed E-state index contributed by atoms with van der Waals surface area (Å²) in [7, 11) is 0. The highest BCUT2D eigenvalue weighted by Crippen LogP contribution is 2.31. The molecule has 0 aliphatic rings. The standard InChI is InChI=1S/C18H16N2O/c19-14-7-6-10-16(13-14)21-18-12-5-4-11-17(18)20-15-8-2-1-3-9-15/h1-13,20H,19H2. The summed E-state index contributed by atoms with van der Waals surface area (Å²) in [6, 6.07) is 25.2. The largest absolute Gasteiger partial charge is 0.455 e. The summed E-state index contributed by atoms with van der Waals surface area (Å²) in [6.07, 6.45) is 0. The number of anilines is 3. The van der Waals surface area contributed by atoms with E-state index in [4.69, 9.17) is 10.5 Å². The van der Waals surface area contributed by atoms with E-state index in [-0.39, 0.29) is 0 Å². The Kier molecular flexibility index (Phi) is 3.74. The molecule has 0 spiro atoms. The molecule has 0 aliphatic carbocycles. The lowest BCUT2D eigenvalue weighted by molar-refractivity contribution is 0.485. The zero-order valence-electron chi connectivity index (χ0n) is 11.5. The van der Waals surface area contributed by atoms with Gasteiger partial charge in [-0.05, 0) is 36.4 Å². The van der Waals surface area contributed by atoms with Crippen molar-refractivity contribution in [3.8, 4) is 11.5 Å². The van der Waals surface area contributed by atoms with Gasteiger partial charge in [0.2, 0.25) is 0 Å². The van der Waals surface area contributed by atoms with Gasteiger partial charge in [0, 0.05) is 17.4 Å². The predicted molar refractivity (Wildman–Crippen MR) is 87.1 cm³/mol. The lowest BCUT2D eigenvalue weighted by atomic mass is 10.2. The highest BCUT2D eigenvalue weighted by molar-refractivity contribution is 5.66. The number of nitrogens with two attached hydrogens (primary N) is 1. The fraction of sp³-hybridized carbons (Fsp3) is 0. The van der Waals surface area contributed by atoms with Gasteiger partial charge in [0.05, 0.1) is 5.69 Å². The molecule has 0 aromatic heterocycles. The zero-order valence-corrected chi connectivity index (χ0v) is 11.5. The Morgan fingerprint density at radius 3 is 2.33 bits per heavy atom. The van der Waals surface area contributed by atoms with Crippen molar-refractivity contribution in [2.45, 2.75) is 0 Å². The van der Waals surface area contributed by atoms with E-state index in [9.17, 15) is 0 Å². The van der Waals surface area contributed by atoms with E-state index in [0.717, 1.165) is 22.9 Å². The number of para-hydroxylation sites is 3. The van der Waals surface area contributed by atoms with Gasteiger partial charge in [-0.25, -0.2) is 0 Å². The molecule has 0 bridgehead atoms. The van der Waals surface area contributed by atoms with Crippen molar-refractivity contribution >= 4 is 17.1 Å². The van der Waals surface area contributed by atoms with E-state index < -0.39 is 0 Å². The summed E-state index contributed by atoms with van der Waals surface area (Å²) in [5, 5.41) is 3.35. The van der Waals surface area contributed by atoms with Gasteiger partial charge in [-0.1, -0.05) is 36.4 Å². The van der Waals surface area contributed by atoms with Gasteiger partial charge in [-0.15, -0.1) is 0 Å². The average molecular weight is 276 g/mol. The first-order valence-corrected chi connectivity index (χ1v) is 6.76. The molecule has 3 N–H and O–H groups in total. The molecule has 0 saturated heterocycles. The first-order chi connectivity index (χ1) is 10.3. The van der Waals surface area contributed by atoms with Crippen LogP contribution in [0.3, 0.4) is 0 Å². The molecule has 0 aliphatic heterocycles. The molecule has 0 saturated carbocycles. The summed E-state index contributed by atoms with van der Waals surface area (Å²) in [5.74, 6) is 1.48. The average Bonchev–Trinajstić information content (AvgIpc) is 2.50. The van der Waals surface area contributed by atoms with Crippen LogP contribution in [0, 0.1) is 0 Å². The quantitative estimate of drug-likeness (QED) is 0.672. The van der Waals surface area contributed by atoms with Crippen LogP contribution in [0.15, 0.2) is 78.9 Å². The van der Waals surface area contributed by atoms with Crippen LogP contribution in [-0.4, -0.2) is 0 Å². The molecule has 21 heavy (non-hydrogen) atoms. The third-order valence-corrected chi connectivity index (χ3v) is 3.03. The lowest BCUT2D eigenvalue weighted by Crippen LogP contribution is -1.94. The number of nitrogen functional groups attached to an aromatic ring is 1. The topological polar surface area (TPSA) is 47.3 Å². The molecule has 3 nitrogen and oxygen atoms in total. The van der Waals surface area contributed by atoms with Crippen LogP contribution in [-0.2, 0) is 0 Å². The number of benzene rings is 3. The van der Waals surface area contributed by atoms with Crippen molar-refractivity contribution in [3.63, 3.8) is 0 Å². The Bertz CT molecular complexity index is 726. The Morgan fingerprint density at radius 1 is 0.762 bits per heavy atom. The SMILES string of the molecule is Nc1cccc(Oc2ccccc2Nc2ccccc2)c1. The van der Waals surface area contributed by atoms with Gasteiger partial charge >= 0.3 is 0 Å². The Balaban J connectivity index is 1.86. The van der Waals surface area contributed by atoms with Crippen LogP contribution >= 0.6 is 0 Å². The second-order valence-electron chi connectivity index (χ2n) is 4.66. The summed E-state index contributed by atoms with van der Waals surface area (Å²) >= 11 is 0. The first kappa shape index (κ1) is 13.1. The monoisotopic (exact) mass is 276 g/mol. The van der Waals surface area contributed by atoms with Gasteiger partial charge in [0.1, 0.15) is 5.75 Å². The first-order valence-electron chi connectivity index (χ1n) is 6.76. The summed E-state index contributed by atoms with van der Waals surface area (Å²) in [4.78, 5) is 0. The Hall–Kier alpha value is -2.94. The predicted octanol–water partition coefficient (Wildman–Crippen LogP) is 4.80.